The molecule has 8 nitrogen and oxygen atoms in total. The van der Waals surface area contributed by atoms with Crippen LogP contribution < -0.4 is 20.7 Å². The molecule has 3 amide bonds. The first-order chi connectivity index (χ1) is 16.2. The third-order valence-corrected chi connectivity index (χ3v) is 4.68. The zero-order valence-corrected chi connectivity index (χ0v) is 18.0. The highest BCUT2D eigenvalue weighted by molar-refractivity contribution is 6.05. The summed E-state index contributed by atoms with van der Waals surface area (Å²) in [5, 5.41) is 17.6. The first-order valence-electron chi connectivity index (χ1n) is 10.0. The lowest BCUT2D eigenvalue weighted by Crippen LogP contribution is -2.36. The number of aromatic hydroxyl groups is 1. The average Bonchev–Trinajstić information content (AvgIpc) is 2.81. The van der Waals surface area contributed by atoms with Gasteiger partial charge in [-0.2, -0.15) is 0 Å². The Hall–Kier alpha value is -4.47. The number of benzene rings is 3. The Kier molecular flexibility index (Phi) is 7.75. The fraction of sp³-hybridized carbons (Fsp3) is 0.125. The van der Waals surface area contributed by atoms with Crippen molar-refractivity contribution in [3.8, 4) is 11.5 Å². The second-order valence-electron chi connectivity index (χ2n) is 7.15. The lowest BCUT2D eigenvalue weighted by atomic mass is 10.1. The van der Waals surface area contributed by atoms with Crippen molar-refractivity contribution in [3.05, 3.63) is 89.0 Å². The van der Waals surface area contributed by atoms with E-state index in [-0.39, 0.29) is 29.9 Å². The number of phenolic OH excluding ortho intramolecular Hbond substituents is 1. The van der Waals surface area contributed by atoms with Crippen LogP contribution in [0.15, 0.2) is 60.7 Å². The van der Waals surface area contributed by atoms with Crippen molar-refractivity contribution in [1.29, 1.82) is 0 Å². The molecule has 0 fully saturated rings. The van der Waals surface area contributed by atoms with Gasteiger partial charge in [-0.05, 0) is 42.0 Å². The van der Waals surface area contributed by atoms with E-state index in [2.05, 4.69) is 16.0 Å². The zero-order chi connectivity index (χ0) is 24.7. The van der Waals surface area contributed by atoms with Crippen LogP contribution in [0.5, 0.6) is 11.5 Å². The molecule has 0 aromatic heterocycles. The van der Waals surface area contributed by atoms with E-state index in [0.717, 1.165) is 23.8 Å². The van der Waals surface area contributed by atoms with Gasteiger partial charge < -0.3 is 25.8 Å². The molecule has 0 unspecified atom stereocenters. The maximum absolute atomic E-state index is 13.3. The number of hydrogen-bond donors (Lipinski definition) is 4. The minimum Gasteiger partial charge on any atom is -0.507 e. The molecule has 0 saturated heterocycles. The van der Waals surface area contributed by atoms with E-state index in [1.54, 1.807) is 31.4 Å². The van der Waals surface area contributed by atoms with Crippen LogP contribution in [-0.4, -0.2) is 36.5 Å². The van der Waals surface area contributed by atoms with Gasteiger partial charge in [0.25, 0.3) is 11.8 Å². The van der Waals surface area contributed by atoms with Gasteiger partial charge in [-0.25, -0.2) is 8.78 Å². The summed E-state index contributed by atoms with van der Waals surface area (Å²) in [5.41, 5.74) is 0.565. The van der Waals surface area contributed by atoms with Crippen LogP contribution in [0.4, 0.5) is 14.5 Å². The summed E-state index contributed by atoms with van der Waals surface area (Å²) >= 11 is 0. The summed E-state index contributed by atoms with van der Waals surface area (Å²) in [4.78, 5) is 36.5. The molecular weight excluding hydrogens is 448 g/mol. The van der Waals surface area contributed by atoms with Crippen LogP contribution in [0, 0.1) is 11.6 Å². The molecule has 0 atom stereocenters. The van der Waals surface area contributed by atoms with Crippen LogP contribution >= 0.6 is 0 Å². The average molecular weight is 469 g/mol. The number of phenols is 1. The molecule has 176 valence electrons. The van der Waals surface area contributed by atoms with Crippen LogP contribution in [-0.2, 0) is 11.3 Å². The maximum atomic E-state index is 13.3. The van der Waals surface area contributed by atoms with Gasteiger partial charge in [0.1, 0.15) is 23.1 Å². The maximum Gasteiger partial charge on any atom is 0.255 e. The number of hydrogen-bond acceptors (Lipinski definition) is 5. The number of nitrogens with one attached hydrogen (secondary N) is 3. The number of amides is 3. The minimum absolute atomic E-state index is 0.0981. The van der Waals surface area contributed by atoms with Gasteiger partial charge in [0.2, 0.25) is 5.91 Å². The number of carbonyl (C=O) groups is 3. The monoisotopic (exact) mass is 469 g/mol. The summed E-state index contributed by atoms with van der Waals surface area (Å²) in [5.74, 6) is -3.53. The number of rotatable bonds is 8. The third kappa shape index (κ3) is 6.52. The van der Waals surface area contributed by atoms with Gasteiger partial charge in [-0.15, -0.1) is 0 Å². The van der Waals surface area contributed by atoms with E-state index >= 15 is 0 Å². The SMILES string of the molecule is COc1ccc(CNC(=O)CNC(=O)c2ccc(NC(=O)c3cc(F)cc(F)c3)cc2O)cc1. The second-order valence-corrected chi connectivity index (χ2v) is 7.15. The van der Waals surface area contributed by atoms with Crippen LogP contribution in [0.25, 0.3) is 0 Å². The molecule has 10 heteroatoms. The fourth-order valence-electron chi connectivity index (χ4n) is 2.95. The Balaban J connectivity index is 1.52. The highest BCUT2D eigenvalue weighted by Crippen LogP contribution is 2.22. The number of halogens is 2. The van der Waals surface area contributed by atoms with E-state index in [0.29, 0.717) is 11.8 Å². The largest absolute Gasteiger partial charge is 0.507 e. The second kappa shape index (κ2) is 10.9. The zero-order valence-electron chi connectivity index (χ0n) is 18.0. The van der Waals surface area contributed by atoms with Crippen molar-refractivity contribution in [2.75, 3.05) is 19.0 Å². The molecule has 0 aliphatic carbocycles. The first-order valence-corrected chi connectivity index (χ1v) is 10.0. The Bertz CT molecular complexity index is 1200. The van der Waals surface area contributed by atoms with Gasteiger partial charge in [0, 0.05) is 29.9 Å². The standard InChI is InChI=1S/C24H21F2N3O5/c1-34-19-5-2-14(3-6-19)12-27-22(31)13-28-24(33)20-7-4-18(11-21(20)30)29-23(32)15-8-16(25)10-17(26)9-15/h2-11,30H,12-13H2,1H3,(H,27,31)(H,28,33)(H,29,32). The van der Waals surface area contributed by atoms with Crippen molar-refractivity contribution in [2.24, 2.45) is 0 Å². The summed E-state index contributed by atoms with van der Waals surface area (Å²) in [6.45, 7) is -0.0639. The van der Waals surface area contributed by atoms with Crippen molar-refractivity contribution < 1.29 is 33.0 Å². The van der Waals surface area contributed by atoms with Crippen molar-refractivity contribution in [3.63, 3.8) is 0 Å². The molecule has 0 bridgehead atoms. The normalized spacial score (nSPS) is 10.3. The van der Waals surface area contributed by atoms with Crippen LogP contribution in [0.3, 0.4) is 0 Å². The first kappa shape index (κ1) is 24.2. The molecule has 4 N–H and O–H groups in total. The molecule has 0 radical (unpaired) electrons. The van der Waals surface area contributed by atoms with Crippen LogP contribution in [0.2, 0.25) is 0 Å². The molecule has 0 aliphatic rings. The van der Waals surface area contributed by atoms with E-state index < -0.39 is 35.1 Å². The molecule has 3 rings (SSSR count). The van der Waals surface area contributed by atoms with Gasteiger partial charge in [0.15, 0.2) is 0 Å². The third-order valence-electron chi connectivity index (χ3n) is 4.68. The predicted octanol–water partition coefficient (Wildman–Crippen LogP) is 2.98. The van der Waals surface area contributed by atoms with Gasteiger partial charge in [-0.3, -0.25) is 14.4 Å². The van der Waals surface area contributed by atoms with Gasteiger partial charge in [-0.1, -0.05) is 12.1 Å². The minimum atomic E-state index is -0.909. The Morgan fingerprint density at radius 3 is 2.18 bits per heavy atom. The Morgan fingerprint density at radius 2 is 1.56 bits per heavy atom. The number of anilines is 1. The quantitative estimate of drug-likeness (QED) is 0.405. The highest BCUT2D eigenvalue weighted by atomic mass is 19.1. The topological polar surface area (TPSA) is 117 Å². The van der Waals surface area contributed by atoms with E-state index in [4.69, 9.17) is 4.74 Å². The fourth-order valence-corrected chi connectivity index (χ4v) is 2.95. The van der Waals surface area contributed by atoms with Crippen molar-refractivity contribution >= 4 is 23.4 Å². The lowest BCUT2D eigenvalue weighted by Gasteiger charge is -2.10. The van der Waals surface area contributed by atoms with E-state index in [1.807, 2.05) is 0 Å². The van der Waals surface area contributed by atoms with Gasteiger partial charge >= 0.3 is 0 Å². The summed E-state index contributed by atoms with van der Waals surface area (Å²) in [6.07, 6.45) is 0. The predicted molar refractivity (Wildman–Crippen MR) is 120 cm³/mol. The Morgan fingerprint density at radius 1 is 0.882 bits per heavy atom. The lowest BCUT2D eigenvalue weighted by molar-refractivity contribution is -0.120. The molecule has 0 spiro atoms. The summed E-state index contributed by atoms with van der Waals surface area (Å²) < 4.78 is 31.6. The van der Waals surface area contributed by atoms with Crippen molar-refractivity contribution in [2.45, 2.75) is 6.54 Å². The van der Waals surface area contributed by atoms with E-state index in [9.17, 15) is 28.3 Å². The summed E-state index contributed by atoms with van der Waals surface area (Å²) in [6, 6.07) is 13.1. The molecule has 34 heavy (non-hydrogen) atoms. The molecular formula is C24H21F2N3O5. The van der Waals surface area contributed by atoms with Crippen LogP contribution in [0.1, 0.15) is 26.3 Å². The van der Waals surface area contributed by atoms with E-state index in [1.165, 1.54) is 12.1 Å². The molecule has 3 aromatic carbocycles. The van der Waals surface area contributed by atoms with Crippen molar-refractivity contribution in [1.82, 2.24) is 10.6 Å². The number of methoxy groups -OCH3 is 1. The number of ether oxygens (including phenoxy) is 1. The molecule has 0 aliphatic heterocycles. The molecule has 0 saturated carbocycles. The van der Waals surface area contributed by atoms with Gasteiger partial charge in [0.05, 0.1) is 19.2 Å². The Labute approximate surface area is 193 Å². The smallest absolute Gasteiger partial charge is 0.255 e. The highest BCUT2D eigenvalue weighted by Gasteiger charge is 2.15. The molecule has 3 aromatic rings. The number of carbonyl (C=O) groups excluding carboxylic acids is 3. The molecule has 0 heterocycles. The summed E-state index contributed by atoms with van der Waals surface area (Å²) in [7, 11) is 1.55.